The van der Waals surface area contributed by atoms with Crippen LogP contribution in [0.5, 0.6) is 0 Å². The van der Waals surface area contributed by atoms with Crippen LogP contribution in [0.25, 0.3) is 0 Å². The molecule has 0 spiro atoms. The average Bonchev–Trinajstić information content (AvgIpc) is 2.67. The number of halogens is 1. The Labute approximate surface area is 159 Å². The summed E-state index contributed by atoms with van der Waals surface area (Å²) in [6.45, 7) is 6.49. The van der Waals surface area contributed by atoms with Gasteiger partial charge >= 0.3 is 0 Å². The number of ether oxygens (including phenoxy) is 1. The molecule has 2 aliphatic heterocycles. The molecule has 1 aromatic heterocycles. The predicted octanol–water partition coefficient (Wildman–Crippen LogP) is 2.74. The van der Waals surface area contributed by atoms with Gasteiger partial charge in [-0.15, -0.1) is 0 Å². The minimum atomic E-state index is -0.0868. The van der Waals surface area contributed by atoms with Crippen molar-refractivity contribution in [2.45, 2.75) is 45.6 Å². The number of carbonyl (C=O) groups excluding carboxylic acids is 1. The van der Waals surface area contributed by atoms with Crippen LogP contribution >= 0.6 is 11.6 Å². The van der Waals surface area contributed by atoms with Crippen molar-refractivity contribution in [2.75, 3.05) is 31.2 Å². The Kier molecular flexibility index (Phi) is 6.00. The van der Waals surface area contributed by atoms with E-state index >= 15 is 0 Å². The molecule has 0 aliphatic carbocycles. The van der Waals surface area contributed by atoms with E-state index in [1.54, 1.807) is 0 Å². The van der Waals surface area contributed by atoms with Crippen LogP contribution in [-0.2, 0) is 9.53 Å². The van der Waals surface area contributed by atoms with E-state index in [0.29, 0.717) is 41.9 Å². The van der Waals surface area contributed by atoms with Crippen molar-refractivity contribution in [1.29, 1.82) is 5.26 Å². The van der Waals surface area contributed by atoms with Crippen LogP contribution in [0.2, 0.25) is 5.02 Å². The van der Waals surface area contributed by atoms with E-state index in [1.807, 2.05) is 13.8 Å². The highest BCUT2D eigenvalue weighted by Crippen LogP contribution is 2.31. The summed E-state index contributed by atoms with van der Waals surface area (Å²) in [7, 11) is 0. The zero-order chi connectivity index (χ0) is 18.7. The van der Waals surface area contributed by atoms with Crippen molar-refractivity contribution < 1.29 is 9.53 Å². The van der Waals surface area contributed by atoms with E-state index in [0.717, 1.165) is 37.8 Å². The molecule has 0 radical (unpaired) electrons. The van der Waals surface area contributed by atoms with Crippen molar-refractivity contribution in [3.63, 3.8) is 0 Å². The first-order valence-electron chi connectivity index (χ1n) is 9.21. The largest absolute Gasteiger partial charge is 0.381 e. The van der Waals surface area contributed by atoms with Crippen molar-refractivity contribution >= 4 is 23.3 Å². The Morgan fingerprint density at radius 3 is 2.77 bits per heavy atom. The molecule has 0 bridgehead atoms. The summed E-state index contributed by atoms with van der Waals surface area (Å²) >= 11 is 6.25. The van der Waals surface area contributed by atoms with Gasteiger partial charge in [-0.25, -0.2) is 4.98 Å². The number of nitrogens with one attached hydrogen (secondary N) is 1. The van der Waals surface area contributed by atoms with Gasteiger partial charge in [0, 0.05) is 32.3 Å². The number of hydrogen-bond donors (Lipinski definition) is 1. The number of piperidine rings is 1. The second-order valence-corrected chi connectivity index (χ2v) is 7.50. The Morgan fingerprint density at radius 1 is 1.35 bits per heavy atom. The molecule has 1 unspecified atom stereocenters. The number of aryl methyl sites for hydroxylation is 1. The fourth-order valence-electron chi connectivity index (χ4n) is 3.72. The van der Waals surface area contributed by atoms with Crippen LogP contribution in [-0.4, -0.2) is 43.2 Å². The Bertz CT molecular complexity index is 725. The van der Waals surface area contributed by atoms with E-state index in [4.69, 9.17) is 16.3 Å². The minimum absolute atomic E-state index is 0.0868. The molecule has 2 aliphatic rings. The molecule has 1 aromatic rings. The summed E-state index contributed by atoms with van der Waals surface area (Å²) in [5, 5.41) is 13.3. The number of carbonyl (C=O) groups is 1. The number of anilines is 1. The lowest BCUT2D eigenvalue weighted by atomic mass is 9.95. The molecule has 1 atom stereocenters. The number of amides is 1. The van der Waals surface area contributed by atoms with Crippen LogP contribution in [0.1, 0.15) is 42.5 Å². The lowest BCUT2D eigenvalue weighted by Crippen LogP contribution is -2.47. The van der Waals surface area contributed by atoms with Gasteiger partial charge in [0.25, 0.3) is 0 Å². The van der Waals surface area contributed by atoms with Gasteiger partial charge in [-0.05, 0) is 45.1 Å². The van der Waals surface area contributed by atoms with Crippen LogP contribution in [0, 0.1) is 31.1 Å². The predicted molar refractivity (Wildman–Crippen MR) is 100 cm³/mol. The summed E-state index contributed by atoms with van der Waals surface area (Å²) < 4.78 is 5.35. The summed E-state index contributed by atoms with van der Waals surface area (Å²) in [5.74, 6) is 0.661. The number of aromatic nitrogens is 1. The molecule has 0 aromatic carbocycles. The Hall–Kier alpha value is -1.84. The van der Waals surface area contributed by atoms with Gasteiger partial charge in [-0.1, -0.05) is 11.6 Å². The van der Waals surface area contributed by atoms with Crippen LogP contribution < -0.4 is 10.2 Å². The molecular formula is C19H25ClN4O2. The van der Waals surface area contributed by atoms with E-state index in [2.05, 4.69) is 21.3 Å². The number of nitriles is 1. The van der Waals surface area contributed by atoms with Gasteiger partial charge in [0.05, 0.1) is 22.2 Å². The molecule has 1 amide bonds. The van der Waals surface area contributed by atoms with Crippen molar-refractivity contribution in [1.82, 2.24) is 10.3 Å². The Morgan fingerprint density at radius 2 is 2.08 bits per heavy atom. The third kappa shape index (κ3) is 3.94. The monoisotopic (exact) mass is 376 g/mol. The fourth-order valence-corrected chi connectivity index (χ4v) is 3.86. The first-order chi connectivity index (χ1) is 12.5. The van der Waals surface area contributed by atoms with Crippen molar-refractivity contribution in [2.24, 2.45) is 5.92 Å². The smallest absolute Gasteiger partial charge is 0.225 e. The summed E-state index contributed by atoms with van der Waals surface area (Å²) in [6.07, 6.45) is 3.51. The van der Waals surface area contributed by atoms with Crippen molar-refractivity contribution in [3.05, 3.63) is 21.8 Å². The molecule has 2 fully saturated rings. The Balaban J connectivity index is 1.74. The highest BCUT2D eigenvalue weighted by atomic mass is 35.5. The van der Waals surface area contributed by atoms with E-state index in [-0.39, 0.29) is 17.9 Å². The number of rotatable bonds is 3. The third-order valence-corrected chi connectivity index (χ3v) is 5.85. The lowest BCUT2D eigenvalue weighted by molar-refractivity contribution is -0.126. The van der Waals surface area contributed by atoms with Crippen molar-refractivity contribution in [3.8, 4) is 6.07 Å². The highest BCUT2D eigenvalue weighted by molar-refractivity contribution is 6.32. The van der Waals surface area contributed by atoms with Gasteiger partial charge in [0.2, 0.25) is 5.91 Å². The minimum Gasteiger partial charge on any atom is -0.381 e. The standard InChI is InChI=1S/C19H25ClN4O2/c1-12-16(10-21)18(22-13(2)17(12)20)24-7-3-4-14(11-24)19(25)23-15-5-8-26-9-6-15/h14-15H,3-9,11H2,1-2H3,(H,23,25). The highest BCUT2D eigenvalue weighted by Gasteiger charge is 2.30. The molecule has 26 heavy (non-hydrogen) atoms. The third-order valence-electron chi connectivity index (χ3n) is 5.29. The zero-order valence-electron chi connectivity index (χ0n) is 15.3. The molecule has 2 saturated heterocycles. The van der Waals surface area contributed by atoms with E-state index in [1.165, 1.54) is 0 Å². The van der Waals surface area contributed by atoms with Gasteiger partial charge in [-0.3, -0.25) is 4.79 Å². The quantitative estimate of drug-likeness (QED) is 0.877. The van der Waals surface area contributed by atoms with E-state index in [9.17, 15) is 10.1 Å². The SMILES string of the molecule is Cc1nc(N2CCCC(C(=O)NC3CCOCC3)C2)c(C#N)c(C)c1Cl. The molecule has 1 N–H and O–H groups in total. The van der Waals surface area contributed by atoms with Crippen LogP contribution in [0.15, 0.2) is 0 Å². The normalized spacial score (nSPS) is 21.3. The first-order valence-corrected chi connectivity index (χ1v) is 9.59. The molecule has 3 rings (SSSR count). The van der Waals surface area contributed by atoms with Gasteiger partial charge in [0.1, 0.15) is 11.9 Å². The molecular weight excluding hydrogens is 352 g/mol. The van der Waals surface area contributed by atoms with Gasteiger partial charge in [-0.2, -0.15) is 5.26 Å². The summed E-state index contributed by atoms with van der Waals surface area (Å²) in [5.41, 5.74) is 1.98. The number of nitrogens with zero attached hydrogens (tertiary/aromatic N) is 3. The van der Waals surface area contributed by atoms with E-state index < -0.39 is 0 Å². The molecule has 3 heterocycles. The fraction of sp³-hybridized carbons (Fsp3) is 0.632. The summed E-state index contributed by atoms with van der Waals surface area (Å²) in [4.78, 5) is 19.3. The molecule has 0 saturated carbocycles. The maximum absolute atomic E-state index is 12.7. The topological polar surface area (TPSA) is 78.2 Å². The maximum atomic E-state index is 12.7. The second kappa shape index (κ2) is 8.24. The maximum Gasteiger partial charge on any atom is 0.225 e. The summed E-state index contributed by atoms with van der Waals surface area (Å²) in [6, 6.07) is 2.44. The molecule has 140 valence electrons. The van der Waals surface area contributed by atoms with Gasteiger partial charge < -0.3 is 15.0 Å². The molecule has 7 heteroatoms. The zero-order valence-corrected chi connectivity index (χ0v) is 16.1. The lowest BCUT2D eigenvalue weighted by Gasteiger charge is -2.35. The average molecular weight is 377 g/mol. The number of pyridine rings is 1. The van der Waals surface area contributed by atoms with Crippen LogP contribution in [0.3, 0.4) is 0 Å². The second-order valence-electron chi connectivity index (χ2n) is 7.13. The van der Waals surface area contributed by atoms with Crippen LogP contribution in [0.4, 0.5) is 5.82 Å². The number of hydrogen-bond acceptors (Lipinski definition) is 5. The molecule has 6 nitrogen and oxygen atoms in total. The van der Waals surface area contributed by atoms with Gasteiger partial charge in [0.15, 0.2) is 0 Å². The first kappa shape index (κ1) is 18.9.